The van der Waals surface area contributed by atoms with Crippen LogP contribution in [0.15, 0.2) is 5.16 Å². The van der Waals surface area contributed by atoms with Gasteiger partial charge in [-0.05, 0) is 18.0 Å². The molecule has 0 unspecified atom stereocenters. The van der Waals surface area contributed by atoms with E-state index in [0.717, 1.165) is 17.0 Å². The van der Waals surface area contributed by atoms with Gasteiger partial charge in [-0.25, -0.2) is 8.42 Å². The van der Waals surface area contributed by atoms with Gasteiger partial charge in [-0.15, -0.1) is 15.3 Å². The van der Waals surface area contributed by atoms with Gasteiger partial charge in [0.2, 0.25) is 0 Å². The van der Waals surface area contributed by atoms with Gasteiger partial charge in [0, 0.05) is 22.6 Å². The van der Waals surface area contributed by atoms with E-state index in [4.69, 9.17) is 10.7 Å². The number of hydrogen-bond donors (Lipinski definition) is 0. The maximum absolute atomic E-state index is 11.6. The lowest BCUT2D eigenvalue weighted by Gasteiger charge is -2.16. The Morgan fingerprint density at radius 3 is 2.43 bits per heavy atom. The highest BCUT2D eigenvalue weighted by Gasteiger charge is 2.29. The molecule has 2 aromatic heterocycles. The van der Waals surface area contributed by atoms with Crippen molar-refractivity contribution < 1.29 is 8.42 Å². The summed E-state index contributed by atoms with van der Waals surface area (Å²) in [5, 5.41) is 11.6. The van der Waals surface area contributed by atoms with Crippen LogP contribution in [0.5, 0.6) is 0 Å². The van der Waals surface area contributed by atoms with Crippen LogP contribution in [0.3, 0.4) is 0 Å². The van der Waals surface area contributed by atoms with Gasteiger partial charge in [-0.3, -0.25) is 4.57 Å². The summed E-state index contributed by atoms with van der Waals surface area (Å²) in [6, 6.07) is 0. The van der Waals surface area contributed by atoms with Crippen LogP contribution < -0.4 is 0 Å². The summed E-state index contributed by atoms with van der Waals surface area (Å²) in [7, 11) is 1.48. The van der Waals surface area contributed by atoms with Crippen molar-refractivity contribution in [2.24, 2.45) is 0 Å². The molecule has 0 fully saturated rings. The smallest absolute Gasteiger partial charge is 0.296 e. The van der Waals surface area contributed by atoms with Crippen molar-refractivity contribution in [2.45, 2.75) is 51.2 Å². The predicted octanol–water partition coefficient (Wildman–Crippen LogP) is 2.43. The van der Waals surface area contributed by atoms with Crippen LogP contribution >= 0.6 is 22.2 Å². The third kappa shape index (κ3) is 3.24. The zero-order chi connectivity index (χ0) is 15.8. The molecule has 0 aliphatic carbocycles. The minimum Gasteiger partial charge on any atom is -0.296 e. The van der Waals surface area contributed by atoms with Gasteiger partial charge in [0.05, 0.1) is 5.69 Å². The Morgan fingerprint density at radius 2 is 1.90 bits per heavy atom. The highest BCUT2D eigenvalue weighted by atomic mass is 35.7. The molecule has 0 aliphatic rings. The Kier molecular flexibility index (Phi) is 4.36. The van der Waals surface area contributed by atoms with E-state index in [1.807, 2.05) is 27.7 Å². The molecule has 10 heteroatoms. The van der Waals surface area contributed by atoms with Crippen LogP contribution in [-0.2, 0) is 21.0 Å². The maximum Gasteiger partial charge on any atom is 0.296 e. The summed E-state index contributed by atoms with van der Waals surface area (Å²) in [6.45, 7) is 8.40. The highest BCUT2D eigenvalue weighted by molar-refractivity contribution is 8.13. The second-order valence-corrected chi connectivity index (χ2v) is 8.81. The first-order valence-corrected chi connectivity index (χ1v) is 9.45. The number of hydrogen-bond acceptors (Lipinski definition) is 7. The van der Waals surface area contributed by atoms with Crippen molar-refractivity contribution in [1.29, 1.82) is 0 Å². The minimum absolute atomic E-state index is 0.231. The van der Waals surface area contributed by atoms with Crippen molar-refractivity contribution in [3.63, 3.8) is 0 Å². The fourth-order valence-electron chi connectivity index (χ4n) is 1.89. The van der Waals surface area contributed by atoms with Crippen LogP contribution in [0.25, 0.3) is 10.7 Å². The zero-order valence-electron chi connectivity index (χ0n) is 12.2. The molecule has 0 bridgehead atoms. The van der Waals surface area contributed by atoms with Gasteiger partial charge in [-0.1, -0.05) is 32.2 Å². The minimum atomic E-state index is -3.95. The second-order valence-electron chi connectivity index (χ2n) is 5.60. The average Bonchev–Trinajstić information content (AvgIpc) is 2.91. The molecule has 0 N–H and O–H groups in total. The second kappa shape index (κ2) is 5.62. The van der Waals surface area contributed by atoms with Gasteiger partial charge in [0.25, 0.3) is 14.2 Å². The lowest BCUT2D eigenvalue weighted by molar-refractivity contribution is 0.562. The molecular weight excluding hydrogens is 334 g/mol. The molecule has 0 saturated carbocycles. The molecule has 7 nitrogen and oxygen atoms in total. The molecule has 2 rings (SSSR count). The normalized spacial score (nSPS) is 12.8. The number of nitrogens with zero attached hydrogens (tertiary/aromatic N) is 5. The zero-order valence-corrected chi connectivity index (χ0v) is 14.6. The van der Waals surface area contributed by atoms with Crippen LogP contribution in [0.2, 0.25) is 0 Å². The molecule has 21 heavy (non-hydrogen) atoms. The van der Waals surface area contributed by atoms with E-state index in [-0.39, 0.29) is 10.6 Å². The Labute approximate surface area is 131 Å². The fourth-order valence-corrected chi connectivity index (χ4v) is 3.68. The molecule has 0 radical (unpaired) electrons. The monoisotopic (exact) mass is 349 g/mol. The summed E-state index contributed by atoms with van der Waals surface area (Å²) < 4.78 is 28.7. The molecule has 0 aliphatic heterocycles. The van der Waals surface area contributed by atoms with Crippen molar-refractivity contribution in [3.8, 4) is 10.7 Å². The Bertz CT molecular complexity index is 745. The first kappa shape index (κ1) is 16.3. The van der Waals surface area contributed by atoms with Crippen LogP contribution in [-0.4, -0.2) is 32.8 Å². The third-order valence-corrected chi connectivity index (χ3v) is 4.66. The molecule has 116 valence electrons. The fraction of sp³-hybridized carbons (Fsp3) is 0.636. The van der Waals surface area contributed by atoms with E-state index in [2.05, 4.69) is 19.8 Å². The number of aromatic nitrogens is 5. The van der Waals surface area contributed by atoms with Crippen molar-refractivity contribution >= 4 is 31.3 Å². The average molecular weight is 350 g/mol. The lowest BCUT2D eigenvalue weighted by atomic mass is 9.91. The van der Waals surface area contributed by atoms with Crippen molar-refractivity contribution in [3.05, 3.63) is 5.69 Å². The quantitative estimate of drug-likeness (QED) is 0.787. The first-order valence-electron chi connectivity index (χ1n) is 6.37. The van der Waals surface area contributed by atoms with Gasteiger partial charge in [0.1, 0.15) is 4.88 Å². The molecule has 0 atom stereocenters. The molecule has 2 heterocycles. The van der Waals surface area contributed by atoms with E-state index in [9.17, 15) is 8.42 Å². The summed E-state index contributed by atoms with van der Waals surface area (Å²) >= 11 is 1.17. The summed E-state index contributed by atoms with van der Waals surface area (Å²) in [6.07, 6.45) is 0.724. The number of halogens is 1. The van der Waals surface area contributed by atoms with Crippen LogP contribution in [0.4, 0.5) is 0 Å². The van der Waals surface area contributed by atoms with E-state index >= 15 is 0 Å². The maximum atomic E-state index is 11.6. The van der Waals surface area contributed by atoms with Crippen molar-refractivity contribution in [1.82, 2.24) is 24.4 Å². The Morgan fingerprint density at radius 1 is 1.24 bits per heavy atom. The van der Waals surface area contributed by atoms with Gasteiger partial charge < -0.3 is 0 Å². The highest BCUT2D eigenvalue weighted by Crippen LogP contribution is 2.34. The third-order valence-electron chi connectivity index (χ3n) is 2.78. The molecule has 0 amide bonds. The van der Waals surface area contributed by atoms with E-state index in [1.165, 1.54) is 16.1 Å². The molecule has 0 saturated heterocycles. The van der Waals surface area contributed by atoms with E-state index in [0.29, 0.717) is 12.4 Å². The molecular formula is C11H16ClN5O2S2. The molecule has 0 aromatic carbocycles. The van der Waals surface area contributed by atoms with Gasteiger partial charge in [0.15, 0.2) is 5.82 Å². The van der Waals surface area contributed by atoms with Gasteiger partial charge >= 0.3 is 0 Å². The number of rotatable bonds is 4. The van der Waals surface area contributed by atoms with Crippen LogP contribution in [0, 0.1) is 0 Å². The lowest BCUT2D eigenvalue weighted by Crippen LogP contribution is -2.14. The molecule has 2 aromatic rings. The SMILES string of the molecule is CCCn1c(-c2snnc2C(C)(C)C)nnc1S(=O)(=O)Cl. The Hall–Kier alpha value is -1.06. The van der Waals surface area contributed by atoms with Gasteiger partial charge in [-0.2, -0.15) is 0 Å². The van der Waals surface area contributed by atoms with E-state index < -0.39 is 9.05 Å². The predicted molar refractivity (Wildman–Crippen MR) is 81.0 cm³/mol. The summed E-state index contributed by atoms with van der Waals surface area (Å²) in [5.74, 6) is 0.441. The topological polar surface area (TPSA) is 90.6 Å². The van der Waals surface area contributed by atoms with Crippen molar-refractivity contribution in [2.75, 3.05) is 0 Å². The Balaban J connectivity index is 2.66. The largest absolute Gasteiger partial charge is 0.296 e. The van der Waals surface area contributed by atoms with E-state index in [1.54, 1.807) is 0 Å². The van der Waals surface area contributed by atoms with Crippen LogP contribution in [0.1, 0.15) is 39.8 Å². The standard InChI is InChI=1S/C11H16ClN5O2S2/c1-5-6-17-9(14-15-10(17)21(12,18)19)7-8(11(2,3)4)13-16-20-7/h5-6H2,1-4H3. The molecule has 0 spiro atoms. The summed E-state index contributed by atoms with van der Waals surface area (Å²) in [4.78, 5) is 0.718. The summed E-state index contributed by atoms with van der Waals surface area (Å²) in [5.41, 5.74) is 0.529. The first-order chi connectivity index (χ1) is 9.66.